The topological polar surface area (TPSA) is 0 Å². The van der Waals surface area contributed by atoms with Crippen LogP contribution in [-0.4, -0.2) is 21.1 Å². The van der Waals surface area contributed by atoms with Gasteiger partial charge in [0.15, 0.2) is 0 Å². The molecule has 52 valence electrons. The van der Waals surface area contributed by atoms with Crippen molar-refractivity contribution in [1.29, 1.82) is 0 Å². The molecule has 0 atom stereocenters. The average molecular weight is 233 g/mol. The first-order valence-corrected chi connectivity index (χ1v) is 6.35. The van der Waals surface area contributed by atoms with Crippen LogP contribution < -0.4 is 0 Å². The van der Waals surface area contributed by atoms with Crippen LogP contribution in [0, 0.1) is 0 Å². The maximum atomic E-state index is 2.37. The molecule has 0 N–H and O–H groups in total. The van der Waals surface area contributed by atoms with Crippen LogP contribution >= 0.6 is 0 Å². The van der Waals surface area contributed by atoms with E-state index >= 15 is 0 Å². The molecule has 0 bridgehead atoms. The third-order valence-electron chi connectivity index (χ3n) is 0.750. The molecule has 0 saturated heterocycles. The monoisotopic (exact) mass is 234 g/mol. The molecule has 9 heavy (non-hydrogen) atoms. The van der Waals surface area contributed by atoms with Crippen LogP contribution in [0.1, 0.15) is 41.5 Å². The van der Waals surface area contributed by atoms with Gasteiger partial charge in [0.25, 0.3) is 0 Å². The second-order valence-corrected chi connectivity index (χ2v) is 13.9. The van der Waals surface area contributed by atoms with Gasteiger partial charge in [-0.15, -0.1) is 0 Å². The number of hydrogen-bond acceptors (Lipinski definition) is 0. The molecule has 0 aliphatic rings. The first-order chi connectivity index (χ1) is 3.71. The van der Waals surface area contributed by atoms with E-state index < -0.39 is 0 Å². The van der Waals surface area contributed by atoms with Gasteiger partial charge in [0.05, 0.1) is 0 Å². The van der Waals surface area contributed by atoms with Gasteiger partial charge in [0.1, 0.15) is 0 Å². The molecule has 0 amide bonds. The maximum absolute atomic E-state index is 2.37. The van der Waals surface area contributed by atoms with Gasteiger partial charge in [-0.1, -0.05) is 0 Å². The quantitative estimate of drug-likeness (QED) is 0.563. The van der Waals surface area contributed by atoms with Gasteiger partial charge in [0, 0.05) is 0 Å². The molecular formula is C8H18Sn+2. The van der Waals surface area contributed by atoms with Crippen molar-refractivity contribution in [1.82, 2.24) is 0 Å². The van der Waals surface area contributed by atoms with Crippen molar-refractivity contribution in [2.24, 2.45) is 0 Å². The van der Waals surface area contributed by atoms with Crippen molar-refractivity contribution in [3.05, 3.63) is 0 Å². The second kappa shape index (κ2) is 2.81. The van der Waals surface area contributed by atoms with Crippen molar-refractivity contribution in [3.63, 3.8) is 0 Å². The Labute approximate surface area is 69.6 Å². The summed E-state index contributed by atoms with van der Waals surface area (Å²) in [6.45, 7) is 14.2. The standard InChI is InChI=1S/2C4H9.Sn/c2*1-4(2)3;/h2*1-3H3;/q;;+2. The molecule has 0 unspecified atom stereocenters. The van der Waals surface area contributed by atoms with Crippen LogP contribution in [0.4, 0.5) is 0 Å². The van der Waals surface area contributed by atoms with E-state index in [1.807, 2.05) is 0 Å². The summed E-state index contributed by atoms with van der Waals surface area (Å²) in [5, 5.41) is 0. The molecule has 0 aromatic carbocycles. The van der Waals surface area contributed by atoms with Crippen LogP contribution in [0.25, 0.3) is 0 Å². The van der Waals surface area contributed by atoms with Crippen molar-refractivity contribution in [2.45, 2.75) is 48.4 Å². The Hall–Kier alpha value is 0.799. The summed E-state index contributed by atoms with van der Waals surface area (Å²) in [5.74, 6) is 0. The molecule has 0 aromatic rings. The molecule has 0 aromatic heterocycles. The number of hydrogen-bond donors (Lipinski definition) is 0. The Morgan fingerprint density at radius 1 is 0.667 bits per heavy atom. The molecule has 0 aliphatic heterocycles. The van der Waals surface area contributed by atoms with Gasteiger partial charge in [-0.05, 0) is 0 Å². The zero-order valence-corrected chi connectivity index (χ0v) is 10.4. The van der Waals surface area contributed by atoms with E-state index in [-0.39, 0.29) is 21.1 Å². The van der Waals surface area contributed by atoms with Crippen LogP contribution in [0.5, 0.6) is 0 Å². The first-order valence-electron chi connectivity index (χ1n) is 3.50. The van der Waals surface area contributed by atoms with Gasteiger partial charge < -0.3 is 0 Å². The molecule has 0 rings (SSSR count). The van der Waals surface area contributed by atoms with E-state index in [1.54, 1.807) is 0 Å². The van der Waals surface area contributed by atoms with Gasteiger partial charge in [-0.2, -0.15) is 0 Å². The van der Waals surface area contributed by atoms with E-state index in [9.17, 15) is 0 Å². The normalized spacial score (nSPS) is 13.1. The Bertz CT molecular complexity index is 69.7. The van der Waals surface area contributed by atoms with Crippen LogP contribution in [0.2, 0.25) is 6.86 Å². The van der Waals surface area contributed by atoms with Gasteiger partial charge in [-0.3, -0.25) is 0 Å². The van der Waals surface area contributed by atoms with Gasteiger partial charge >= 0.3 is 69.5 Å². The number of rotatable bonds is 0. The molecule has 0 heterocycles. The Kier molecular flexibility index (Phi) is 3.06. The van der Waals surface area contributed by atoms with Crippen LogP contribution in [-0.2, 0) is 0 Å². The fourth-order valence-electron chi connectivity index (χ4n) is 1.12. The molecule has 0 fully saturated rings. The zero-order chi connectivity index (χ0) is 7.71. The molecule has 0 aliphatic carbocycles. The van der Waals surface area contributed by atoms with E-state index in [0.717, 1.165) is 0 Å². The summed E-state index contributed by atoms with van der Waals surface area (Å²) in [6, 6.07) is 0. The van der Waals surface area contributed by atoms with E-state index in [4.69, 9.17) is 0 Å². The molecule has 1 heteroatoms. The summed E-state index contributed by atoms with van der Waals surface area (Å²) in [6.07, 6.45) is 0. The molecule has 0 saturated carbocycles. The first kappa shape index (κ1) is 9.80. The van der Waals surface area contributed by atoms with Crippen molar-refractivity contribution >= 4 is 21.1 Å². The van der Waals surface area contributed by atoms with E-state index in [0.29, 0.717) is 6.86 Å². The summed E-state index contributed by atoms with van der Waals surface area (Å²) in [7, 11) is 0. The molecule has 0 nitrogen and oxygen atoms in total. The molecule has 0 radical (unpaired) electrons. The summed E-state index contributed by atoms with van der Waals surface area (Å²) >= 11 is -0.182. The van der Waals surface area contributed by atoms with E-state index in [2.05, 4.69) is 41.5 Å². The SMILES string of the molecule is C[C](C)(C)[Sn+2][C](C)(C)C. The van der Waals surface area contributed by atoms with Crippen LogP contribution in [0.3, 0.4) is 0 Å². The van der Waals surface area contributed by atoms with Gasteiger partial charge in [-0.25, -0.2) is 0 Å². The summed E-state index contributed by atoms with van der Waals surface area (Å²) in [5.41, 5.74) is 0. The van der Waals surface area contributed by atoms with Gasteiger partial charge in [0.2, 0.25) is 0 Å². The Morgan fingerprint density at radius 2 is 0.889 bits per heavy atom. The fourth-order valence-corrected chi connectivity index (χ4v) is 7.55. The minimum absolute atomic E-state index is 0.182. The predicted molar refractivity (Wildman–Crippen MR) is 45.2 cm³/mol. The molecular weight excluding hydrogens is 215 g/mol. The minimum atomic E-state index is -0.182. The van der Waals surface area contributed by atoms with Crippen molar-refractivity contribution in [3.8, 4) is 0 Å². The third kappa shape index (κ3) is 8.80. The Morgan fingerprint density at radius 3 is 0.889 bits per heavy atom. The average Bonchev–Trinajstić information content (AvgIpc) is 1.14. The van der Waals surface area contributed by atoms with E-state index in [1.165, 1.54) is 0 Å². The van der Waals surface area contributed by atoms with Crippen LogP contribution in [0.15, 0.2) is 0 Å². The second-order valence-electron chi connectivity index (χ2n) is 4.62. The predicted octanol–water partition coefficient (Wildman–Crippen LogP) is 3.13. The van der Waals surface area contributed by atoms with Crippen molar-refractivity contribution < 1.29 is 0 Å². The Balaban J connectivity index is 3.75. The molecule has 0 spiro atoms. The summed E-state index contributed by atoms with van der Waals surface area (Å²) in [4.78, 5) is 0. The zero-order valence-electron chi connectivity index (χ0n) is 7.50. The summed E-state index contributed by atoms with van der Waals surface area (Å²) < 4.78 is 1.31. The third-order valence-corrected chi connectivity index (χ3v) is 5.03. The van der Waals surface area contributed by atoms with Crippen molar-refractivity contribution in [2.75, 3.05) is 0 Å². The fraction of sp³-hybridized carbons (Fsp3) is 1.00.